The van der Waals surface area contributed by atoms with E-state index in [9.17, 15) is 0 Å². The van der Waals surface area contributed by atoms with Crippen LogP contribution in [0.1, 0.15) is 19.8 Å². The van der Waals surface area contributed by atoms with Gasteiger partial charge in [0.1, 0.15) is 0 Å². The van der Waals surface area contributed by atoms with Gasteiger partial charge in [-0.2, -0.15) is 0 Å². The van der Waals surface area contributed by atoms with Gasteiger partial charge in [-0.3, -0.25) is 0 Å². The highest BCUT2D eigenvalue weighted by molar-refractivity contribution is 8.41. The number of hydrogen-bond donors (Lipinski definition) is 0. The molecular weight excluding hydrogens is 197 g/mol. The van der Waals surface area contributed by atoms with Crippen LogP contribution in [0.15, 0.2) is 0 Å². The molecule has 0 N–H and O–H groups in total. The van der Waals surface area contributed by atoms with Gasteiger partial charge < -0.3 is 9.26 Å². The molecule has 1 aliphatic heterocycles. The minimum Gasteiger partial charge on any atom is -0.373 e. The molecule has 1 fully saturated rings. The van der Waals surface area contributed by atoms with E-state index in [1.807, 2.05) is 0 Å². The zero-order valence-corrected chi connectivity index (χ0v) is 9.90. The van der Waals surface area contributed by atoms with E-state index < -0.39 is 0 Å². The van der Waals surface area contributed by atoms with E-state index in [1.165, 1.54) is 6.42 Å². The fourth-order valence-corrected chi connectivity index (χ4v) is 2.03. The van der Waals surface area contributed by atoms with Gasteiger partial charge in [-0.15, -0.1) is 0 Å². The highest BCUT2D eigenvalue weighted by Crippen LogP contribution is 2.53. The van der Waals surface area contributed by atoms with Gasteiger partial charge in [0.25, 0.3) is 0 Å². The maximum absolute atomic E-state index is 5.58. The normalized spacial score (nSPS) is 31.6. The van der Waals surface area contributed by atoms with E-state index in [0.29, 0.717) is 12.2 Å². The van der Waals surface area contributed by atoms with Gasteiger partial charge in [0.15, 0.2) is 0 Å². The summed E-state index contributed by atoms with van der Waals surface area (Å²) in [5.41, 5.74) is 0. The van der Waals surface area contributed by atoms with E-state index in [1.54, 1.807) is 0 Å². The summed E-state index contributed by atoms with van der Waals surface area (Å²) in [6, 6.07) is 0. The van der Waals surface area contributed by atoms with Gasteiger partial charge in [-0.25, -0.2) is 0 Å². The molecule has 11 heavy (non-hydrogen) atoms. The van der Waals surface area contributed by atoms with Crippen molar-refractivity contribution in [3.05, 3.63) is 0 Å². The van der Waals surface area contributed by atoms with Gasteiger partial charge in [-0.1, -0.05) is 17.9 Å². The summed E-state index contributed by atoms with van der Waals surface area (Å²) < 4.78 is 11.0. The quantitative estimate of drug-likeness (QED) is 0.669. The van der Waals surface area contributed by atoms with Crippen LogP contribution in [-0.4, -0.2) is 18.8 Å². The van der Waals surface area contributed by atoms with Crippen LogP contribution >= 0.6 is 25.4 Å². The highest BCUT2D eigenvalue weighted by atomic mass is 32.4. The van der Waals surface area contributed by atoms with Gasteiger partial charge in [0.05, 0.1) is 26.3 Å². The summed E-state index contributed by atoms with van der Waals surface area (Å²) in [6.07, 6.45) is 3.11. The molecule has 0 aromatic carbocycles. The second-order valence-electron chi connectivity index (χ2n) is 2.80. The van der Waals surface area contributed by atoms with Gasteiger partial charge in [0, 0.05) is 0 Å². The Hall–Kier alpha value is 1.21. The van der Waals surface area contributed by atoms with Gasteiger partial charge in [-0.05, 0) is 19.8 Å². The largest absolute Gasteiger partial charge is 0.373 e. The Kier molecular flexibility index (Phi) is 4.73. The molecule has 66 valence electrons. The molecule has 0 amide bonds. The third-order valence-electron chi connectivity index (χ3n) is 1.73. The molecule has 0 radical (unpaired) electrons. The predicted molar refractivity (Wildman–Crippen MR) is 55.9 cm³/mol. The Morgan fingerprint density at radius 3 is 2.73 bits per heavy atom. The third-order valence-corrected chi connectivity index (χ3v) is 3.07. The molecule has 0 aromatic rings. The van der Waals surface area contributed by atoms with Crippen LogP contribution in [0.3, 0.4) is 0 Å². The van der Waals surface area contributed by atoms with E-state index in [2.05, 4.69) is 24.8 Å². The summed E-state index contributed by atoms with van der Waals surface area (Å²) in [7, 11) is 4.91. The standard InChI is InChI=1S/C6H15O2P3/c1-5-2-3-6(8-5)4-7-11(9)10/h5-6H,2-4,9-10H2,1H3. The fourth-order valence-electron chi connectivity index (χ4n) is 1.18. The summed E-state index contributed by atoms with van der Waals surface area (Å²) in [6.45, 7) is 2.87. The fraction of sp³-hybridized carbons (Fsp3) is 1.00. The molecule has 1 heterocycles. The lowest BCUT2D eigenvalue weighted by Gasteiger charge is -2.12. The summed E-state index contributed by atoms with van der Waals surface area (Å²) in [5, 5.41) is 0. The monoisotopic (exact) mass is 212 g/mol. The van der Waals surface area contributed by atoms with Crippen LogP contribution in [0.5, 0.6) is 0 Å². The molecule has 4 atom stereocenters. The lowest BCUT2D eigenvalue weighted by molar-refractivity contribution is 0.0303. The summed E-state index contributed by atoms with van der Waals surface area (Å²) in [5.74, 6) is 0. The van der Waals surface area contributed by atoms with Crippen molar-refractivity contribution in [2.45, 2.75) is 32.0 Å². The van der Waals surface area contributed by atoms with E-state index in [4.69, 9.17) is 9.26 Å². The molecule has 1 rings (SSSR count). The predicted octanol–water partition coefficient (Wildman–Crippen LogP) is 2.55. The van der Waals surface area contributed by atoms with Crippen molar-refractivity contribution in [3.8, 4) is 0 Å². The molecular formula is C6H15O2P3. The molecule has 0 saturated carbocycles. The van der Waals surface area contributed by atoms with E-state index in [-0.39, 0.29) is 7.53 Å². The Labute approximate surface area is 73.8 Å². The first kappa shape index (κ1) is 10.3. The van der Waals surface area contributed by atoms with Crippen molar-refractivity contribution < 1.29 is 9.26 Å². The van der Waals surface area contributed by atoms with Crippen molar-refractivity contribution in [3.63, 3.8) is 0 Å². The second kappa shape index (κ2) is 5.05. The summed E-state index contributed by atoms with van der Waals surface area (Å²) in [4.78, 5) is 0. The number of rotatable bonds is 3. The van der Waals surface area contributed by atoms with Crippen molar-refractivity contribution in [2.24, 2.45) is 0 Å². The Morgan fingerprint density at radius 2 is 2.27 bits per heavy atom. The lowest BCUT2D eigenvalue weighted by atomic mass is 10.2. The Balaban J connectivity index is 2.08. The maximum Gasteiger partial charge on any atom is 0.0816 e. The minimum absolute atomic E-state index is 0.344. The maximum atomic E-state index is 5.58. The third kappa shape index (κ3) is 4.11. The smallest absolute Gasteiger partial charge is 0.0816 e. The molecule has 2 nitrogen and oxygen atoms in total. The van der Waals surface area contributed by atoms with Gasteiger partial charge >= 0.3 is 0 Å². The van der Waals surface area contributed by atoms with Crippen LogP contribution in [0.25, 0.3) is 0 Å². The van der Waals surface area contributed by atoms with Crippen LogP contribution in [-0.2, 0) is 9.26 Å². The highest BCUT2D eigenvalue weighted by Gasteiger charge is 2.21. The Morgan fingerprint density at radius 1 is 1.55 bits per heavy atom. The summed E-state index contributed by atoms with van der Waals surface area (Å²) >= 11 is 0. The minimum atomic E-state index is -0.378. The van der Waals surface area contributed by atoms with Crippen molar-refractivity contribution in [1.29, 1.82) is 0 Å². The number of hydrogen-bond acceptors (Lipinski definition) is 2. The van der Waals surface area contributed by atoms with Crippen LogP contribution in [0.4, 0.5) is 0 Å². The van der Waals surface area contributed by atoms with Crippen molar-refractivity contribution in [2.75, 3.05) is 6.61 Å². The molecule has 0 aromatic heterocycles. The zero-order chi connectivity index (χ0) is 8.27. The van der Waals surface area contributed by atoms with Crippen molar-refractivity contribution in [1.82, 2.24) is 0 Å². The first-order chi connectivity index (χ1) is 5.18. The molecule has 1 saturated heterocycles. The topological polar surface area (TPSA) is 18.5 Å². The number of ether oxygens (including phenoxy) is 1. The average Bonchev–Trinajstić information content (AvgIpc) is 2.31. The molecule has 0 aliphatic carbocycles. The lowest BCUT2D eigenvalue weighted by Crippen LogP contribution is -2.13. The molecule has 0 bridgehead atoms. The van der Waals surface area contributed by atoms with Crippen LogP contribution in [0.2, 0.25) is 0 Å². The first-order valence-electron chi connectivity index (χ1n) is 3.76. The van der Waals surface area contributed by atoms with Crippen LogP contribution < -0.4 is 0 Å². The zero-order valence-electron chi connectivity index (χ0n) is 6.69. The van der Waals surface area contributed by atoms with E-state index >= 15 is 0 Å². The van der Waals surface area contributed by atoms with E-state index in [0.717, 1.165) is 13.0 Å². The SMILES string of the molecule is CC1CCC(COP(P)P)O1. The second-order valence-corrected chi connectivity index (χ2v) is 8.62. The molecule has 4 unspecified atom stereocenters. The first-order valence-corrected chi connectivity index (χ1v) is 8.26. The Bertz CT molecular complexity index is 120. The van der Waals surface area contributed by atoms with Gasteiger partial charge in [0.2, 0.25) is 0 Å². The van der Waals surface area contributed by atoms with Crippen molar-refractivity contribution >= 4 is 25.4 Å². The average molecular weight is 212 g/mol. The molecule has 1 aliphatic rings. The molecule has 5 heteroatoms. The van der Waals surface area contributed by atoms with Crippen LogP contribution in [0, 0.1) is 0 Å². The molecule has 0 spiro atoms.